The van der Waals surface area contributed by atoms with Crippen molar-refractivity contribution in [3.05, 3.63) is 74.7 Å². The summed E-state index contributed by atoms with van der Waals surface area (Å²) in [6.45, 7) is 0. The number of hydrogen-bond donors (Lipinski definition) is 1. The van der Waals surface area contributed by atoms with Crippen molar-refractivity contribution in [1.29, 1.82) is 0 Å². The Balaban J connectivity index is 1.67. The zero-order valence-electron chi connectivity index (χ0n) is 16.9. The standard InChI is InChI=1S/C22H14F3NO5S2/c1-31-16-5-4-14(24)19(25)12(16)9-32-11-2-3-13(23)15(7-11)26-17(27)6-10-8-33-20(22(29)30)18(10)21(26)28/h2-5,7-8H,6,9H2,1H3,(H,29,30). The van der Waals surface area contributed by atoms with E-state index in [-0.39, 0.29) is 45.2 Å². The highest BCUT2D eigenvalue weighted by molar-refractivity contribution is 7.98. The first kappa shape index (κ1) is 22.9. The minimum absolute atomic E-state index is 0.0347. The van der Waals surface area contributed by atoms with Crippen molar-refractivity contribution in [1.82, 2.24) is 0 Å². The van der Waals surface area contributed by atoms with Crippen LogP contribution >= 0.6 is 23.1 Å². The maximum Gasteiger partial charge on any atom is 0.346 e. The van der Waals surface area contributed by atoms with Crippen molar-refractivity contribution in [3.63, 3.8) is 0 Å². The number of ether oxygens (including phenoxy) is 1. The van der Waals surface area contributed by atoms with E-state index in [1.54, 1.807) is 0 Å². The molecule has 1 N–H and O–H groups in total. The molecular formula is C22H14F3NO5S2. The number of benzene rings is 2. The SMILES string of the molecule is COc1ccc(F)c(F)c1CSc1ccc(F)c(N2C(=O)Cc3csc(C(=O)O)c3C2=O)c1. The van der Waals surface area contributed by atoms with Crippen LogP contribution in [0.1, 0.15) is 31.2 Å². The van der Waals surface area contributed by atoms with Gasteiger partial charge in [-0.2, -0.15) is 0 Å². The first-order valence-electron chi connectivity index (χ1n) is 9.37. The zero-order valence-corrected chi connectivity index (χ0v) is 18.5. The minimum atomic E-state index is -1.32. The van der Waals surface area contributed by atoms with Gasteiger partial charge >= 0.3 is 5.97 Å². The van der Waals surface area contributed by atoms with Gasteiger partial charge in [-0.3, -0.25) is 9.59 Å². The Bertz CT molecular complexity index is 1310. The first-order chi connectivity index (χ1) is 15.7. The molecule has 6 nitrogen and oxygen atoms in total. The van der Waals surface area contributed by atoms with E-state index < -0.39 is 35.2 Å². The van der Waals surface area contributed by atoms with E-state index in [0.29, 0.717) is 9.80 Å². The van der Waals surface area contributed by atoms with E-state index in [4.69, 9.17) is 4.74 Å². The predicted octanol–water partition coefficient (Wildman–Crippen LogP) is 4.89. The van der Waals surface area contributed by atoms with Gasteiger partial charge in [-0.25, -0.2) is 22.9 Å². The normalized spacial score (nSPS) is 13.3. The Morgan fingerprint density at radius 1 is 1.18 bits per heavy atom. The number of hydrogen-bond acceptors (Lipinski definition) is 6. The second-order valence-electron chi connectivity index (χ2n) is 6.93. The van der Waals surface area contributed by atoms with Gasteiger partial charge in [0.25, 0.3) is 5.91 Å². The molecule has 0 radical (unpaired) electrons. The molecule has 11 heteroatoms. The number of rotatable bonds is 6. The number of amides is 2. The third-order valence-electron chi connectivity index (χ3n) is 4.98. The van der Waals surface area contributed by atoms with Gasteiger partial charge in [-0.05, 0) is 41.3 Å². The Morgan fingerprint density at radius 3 is 2.61 bits per heavy atom. The average molecular weight is 493 g/mol. The molecule has 1 aliphatic rings. The number of nitrogens with zero attached hydrogens (tertiary/aromatic N) is 1. The monoisotopic (exact) mass is 493 g/mol. The summed E-state index contributed by atoms with van der Waals surface area (Å²) in [5.74, 6) is -5.88. The third kappa shape index (κ3) is 4.09. The van der Waals surface area contributed by atoms with Gasteiger partial charge < -0.3 is 9.84 Å². The smallest absolute Gasteiger partial charge is 0.346 e. The van der Waals surface area contributed by atoms with Crippen molar-refractivity contribution >= 4 is 46.6 Å². The molecule has 0 saturated carbocycles. The number of carboxylic acid groups (broad SMARTS) is 1. The van der Waals surface area contributed by atoms with E-state index in [1.807, 2.05) is 0 Å². The number of thioether (sulfide) groups is 1. The molecule has 0 unspecified atom stereocenters. The van der Waals surface area contributed by atoms with Crippen LogP contribution in [0.25, 0.3) is 0 Å². The highest BCUT2D eigenvalue weighted by atomic mass is 32.2. The van der Waals surface area contributed by atoms with Gasteiger partial charge in [0.1, 0.15) is 16.4 Å². The first-order valence-corrected chi connectivity index (χ1v) is 11.2. The molecule has 2 aromatic carbocycles. The van der Waals surface area contributed by atoms with Gasteiger partial charge in [-0.1, -0.05) is 0 Å². The fraction of sp³-hybridized carbons (Fsp3) is 0.136. The molecule has 0 spiro atoms. The fourth-order valence-electron chi connectivity index (χ4n) is 3.44. The number of aromatic carboxylic acids is 1. The Labute approximate surface area is 193 Å². The van der Waals surface area contributed by atoms with Crippen molar-refractivity contribution in [2.75, 3.05) is 12.0 Å². The van der Waals surface area contributed by atoms with Crippen LogP contribution in [0, 0.1) is 17.5 Å². The molecule has 1 aliphatic heterocycles. The van der Waals surface area contributed by atoms with Crippen LogP contribution in [0.3, 0.4) is 0 Å². The van der Waals surface area contributed by atoms with Crippen LogP contribution < -0.4 is 9.64 Å². The lowest BCUT2D eigenvalue weighted by molar-refractivity contribution is -0.117. The van der Waals surface area contributed by atoms with Crippen molar-refractivity contribution in [2.45, 2.75) is 17.1 Å². The molecule has 2 amide bonds. The average Bonchev–Trinajstić information content (AvgIpc) is 3.21. The van der Waals surface area contributed by atoms with E-state index in [0.717, 1.165) is 35.2 Å². The summed E-state index contributed by atoms with van der Waals surface area (Å²) < 4.78 is 47.6. The van der Waals surface area contributed by atoms with Gasteiger partial charge in [0.05, 0.1) is 24.8 Å². The number of fused-ring (bicyclic) bond motifs is 1. The summed E-state index contributed by atoms with van der Waals surface area (Å²) in [5, 5.41) is 10.8. The summed E-state index contributed by atoms with van der Waals surface area (Å²) in [7, 11) is 1.31. The number of halogens is 3. The van der Waals surface area contributed by atoms with Crippen LogP contribution in [0.15, 0.2) is 40.6 Å². The van der Waals surface area contributed by atoms with Crippen LogP contribution in [0.4, 0.5) is 18.9 Å². The van der Waals surface area contributed by atoms with Gasteiger partial charge in [0.2, 0.25) is 5.91 Å². The molecule has 3 aromatic rings. The lowest BCUT2D eigenvalue weighted by Gasteiger charge is -2.26. The van der Waals surface area contributed by atoms with Crippen LogP contribution in [-0.2, 0) is 17.0 Å². The second-order valence-corrected chi connectivity index (χ2v) is 8.85. The number of carboxylic acids is 1. The largest absolute Gasteiger partial charge is 0.496 e. The Morgan fingerprint density at radius 2 is 1.91 bits per heavy atom. The predicted molar refractivity (Wildman–Crippen MR) is 116 cm³/mol. The Hall–Kier alpha value is -3.31. The second kappa shape index (κ2) is 8.91. The number of anilines is 1. The van der Waals surface area contributed by atoms with Crippen molar-refractivity contribution < 1.29 is 37.4 Å². The number of carbonyl (C=O) groups is 3. The van der Waals surface area contributed by atoms with Crippen LogP contribution in [-0.4, -0.2) is 30.0 Å². The molecule has 2 heterocycles. The number of methoxy groups -OCH3 is 1. The van der Waals surface area contributed by atoms with E-state index in [1.165, 1.54) is 30.7 Å². The molecule has 1 aromatic heterocycles. The lowest BCUT2D eigenvalue weighted by atomic mass is 10.0. The third-order valence-corrected chi connectivity index (χ3v) is 7.02. The quantitative estimate of drug-likeness (QED) is 0.389. The molecule has 170 valence electrons. The minimum Gasteiger partial charge on any atom is -0.496 e. The van der Waals surface area contributed by atoms with E-state index in [2.05, 4.69) is 0 Å². The van der Waals surface area contributed by atoms with Gasteiger partial charge in [0, 0.05) is 16.2 Å². The summed E-state index contributed by atoms with van der Waals surface area (Å²) in [6, 6.07) is 5.87. The molecule has 0 bridgehead atoms. The highest BCUT2D eigenvalue weighted by Gasteiger charge is 2.38. The van der Waals surface area contributed by atoms with Crippen LogP contribution in [0.2, 0.25) is 0 Å². The summed E-state index contributed by atoms with van der Waals surface area (Å²) in [6.07, 6.45) is -0.257. The molecule has 0 atom stereocenters. The Kier molecular flexibility index (Phi) is 6.17. The van der Waals surface area contributed by atoms with Crippen molar-refractivity contribution in [3.8, 4) is 5.75 Å². The molecule has 0 aliphatic carbocycles. The number of carbonyl (C=O) groups excluding carboxylic acids is 2. The summed E-state index contributed by atoms with van der Waals surface area (Å²) in [5.41, 5.74) is -0.248. The molecule has 33 heavy (non-hydrogen) atoms. The summed E-state index contributed by atoms with van der Waals surface area (Å²) >= 11 is 1.84. The lowest BCUT2D eigenvalue weighted by Crippen LogP contribution is -2.43. The maximum absolute atomic E-state index is 14.7. The zero-order chi connectivity index (χ0) is 23.9. The summed E-state index contributed by atoms with van der Waals surface area (Å²) in [4.78, 5) is 37.8. The van der Waals surface area contributed by atoms with E-state index >= 15 is 0 Å². The van der Waals surface area contributed by atoms with Gasteiger partial charge in [-0.15, -0.1) is 23.1 Å². The topological polar surface area (TPSA) is 83.9 Å². The molecule has 0 fully saturated rings. The maximum atomic E-state index is 14.7. The number of thiophene rings is 1. The molecule has 4 rings (SSSR count). The fourth-order valence-corrected chi connectivity index (χ4v) is 5.27. The highest BCUT2D eigenvalue weighted by Crippen LogP contribution is 2.36. The van der Waals surface area contributed by atoms with Crippen LogP contribution in [0.5, 0.6) is 5.75 Å². The molecule has 0 saturated heterocycles. The van der Waals surface area contributed by atoms with E-state index in [9.17, 15) is 32.7 Å². The number of imide groups is 1. The van der Waals surface area contributed by atoms with Gasteiger partial charge in [0.15, 0.2) is 11.6 Å². The molecular weight excluding hydrogens is 479 g/mol. The van der Waals surface area contributed by atoms with Crippen molar-refractivity contribution in [2.24, 2.45) is 0 Å².